The first-order valence-corrected chi connectivity index (χ1v) is 4.30. The maximum Gasteiger partial charge on any atom is 0.401 e. The van der Waals surface area contributed by atoms with E-state index in [0.717, 1.165) is 4.90 Å². The largest absolute Gasteiger partial charge is 0.401 e. The SMILES string of the molecule is CCC(=O)CN(CCO)CC(F)(F)F. The molecule has 0 fully saturated rings. The van der Waals surface area contributed by atoms with Crippen LogP contribution in [0.3, 0.4) is 0 Å². The van der Waals surface area contributed by atoms with Gasteiger partial charge in [-0.25, -0.2) is 0 Å². The summed E-state index contributed by atoms with van der Waals surface area (Å²) in [5.74, 6) is -0.261. The Bertz CT molecular complexity index is 182. The van der Waals surface area contributed by atoms with Gasteiger partial charge in [0.05, 0.1) is 19.7 Å². The lowest BCUT2D eigenvalue weighted by molar-refractivity contribution is -0.149. The minimum Gasteiger partial charge on any atom is -0.395 e. The minimum atomic E-state index is -4.33. The fourth-order valence-corrected chi connectivity index (χ4v) is 0.970. The lowest BCUT2D eigenvalue weighted by Gasteiger charge is -2.21. The number of Topliss-reactive ketones (excluding diaryl/α,β-unsaturated/α-hetero) is 1. The zero-order valence-corrected chi connectivity index (χ0v) is 7.97. The van der Waals surface area contributed by atoms with E-state index in [-0.39, 0.29) is 31.9 Å². The van der Waals surface area contributed by atoms with Crippen LogP contribution in [0, 0.1) is 0 Å². The van der Waals surface area contributed by atoms with Crippen LogP contribution in [0.2, 0.25) is 0 Å². The van der Waals surface area contributed by atoms with Crippen molar-refractivity contribution in [3.63, 3.8) is 0 Å². The van der Waals surface area contributed by atoms with E-state index < -0.39 is 12.7 Å². The van der Waals surface area contributed by atoms with Crippen molar-refractivity contribution in [1.82, 2.24) is 4.90 Å². The number of aliphatic hydroxyl groups is 1. The van der Waals surface area contributed by atoms with E-state index in [1.54, 1.807) is 6.92 Å². The Balaban J connectivity index is 4.08. The van der Waals surface area contributed by atoms with Gasteiger partial charge in [-0.3, -0.25) is 9.69 Å². The summed E-state index contributed by atoms with van der Waals surface area (Å²) in [4.78, 5) is 11.8. The third-order valence-electron chi connectivity index (χ3n) is 1.61. The summed E-state index contributed by atoms with van der Waals surface area (Å²) in [6.45, 7) is -0.332. The minimum absolute atomic E-state index is 0.134. The molecule has 6 heteroatoms. The summed E-state index contributed by atoms with van der Waals surface area (Å²) < 4.78 is 35.8. The number of hydrogen-bond donors (Lipinski definition) is 1. The number of carbonyl (C=O) groups is 1. The number of aliphatic hydroxyl groups excluding tert-OH is 1. The van der Waals surface area contributed by atoms with Crippen molar-refractivity contribution in [2.24, 2.45) is 0 Å². The van der Waals surface area contributed by atoms with Crippen molar-refractivity contribution in [2.75, 3.05) is 26.2 Å². The van der Waals surface area contributed by atoms with Crippen LogP contribution in [0.25, 0.3) is 0 Å². The van der Waals surface area contributed by atoms with Crippen LogP contribution < -0.4 is 0 Å². The van der Waals surface area contributed by atoms with Crippen LogP contribution in [-0.2, 0) is 4.79 Å². The number of carbonyl (C=O) groups excluding carboxylic acids is 1. The molecule has 0 aliphatic heterocycles. The molecule has 0 unspecified atom stereocenters. The van der Waals surface area contributed by atoms with Gasteiger partial charge < -0.3 is 5.11 Å². The summed E-state index contributed by atoms with van der Waals surface area (Å²) in [6, 6.07) is 0. The number of rotatable bonds is 6. The highest BCUT2D eigenvalue weighted by molar-refractivity contribution is 5.80. The van der Waals surface area contributed by atoms with E-state index in [0.29, 0.717) is 0 Å². The fourth-order valence-electron chi connectivity index (χ4n) is 0.970. The molecule has 0 heterocycles. The smallest absolute Gasteiger partial charge is 0.395 e. The lowest BCUT2D eigenvalue weighted by Crippen LogP contribution is -2.39. The molecule has 0 aliphatic carbocycles. The summed E-state index contributed by atoms with van der Waals surface area (Å²) in [5.41, 5.74) is 0. The lowest BCUT2D eigenvalue weighted by atomic mass is 10.3. The highest BCUT2D eigenvalue weighted by atomic mass is 19.4. The van der Waals surface area contributed by atoms with Crippen molar-refractivity contribution in [3.05, 3.63) is 0 Å². The molecule has 0 saturated heterocycles. The van der Waals surface area contributed by atoms with Gasteiger partial charge in [0.2, 0.25) is 0 Å². The number of halogens is 3. The fraction of sp³-hybridized carbons (Fsp3) is 0.875. The molecule has 0 spiro atoms. The number of ketones is 1. The molecule has 0 saturated carbocycles. The van der Waals surface area contributed by atoms with Gasteiger partial charge >= 0.3 is 6.18 Å². The number of alkyl halides is 3. The molecular weight excluding hydrogens is 199 g/mol. The Morgan fingerprint density at radius 2 is 2.00 bits per heavy atom. The number of hydrogen-bond acceptors (Lipinski definition) is 3. The van der Waals surface area contributed by atoms with Gasteiger partial charge in [-0.2, -0.15) is 13.2 Å². The van der Waals surface area contributed by atoms with E-state index in [2.05, 4.69) is 0 Å². The van der Waals surface area contributed by atoms with Gasteiger partial charge in [0, 0.05) is 13.0 Å². The van der Waals surface area contributed by atoms with E-state index in [4.69, 9.17) is 5.11 Å². The normalized spacial score (nSPS) is 12.1. The van der Waals surface area contributed by atoms with Gasteiger partial charge in [-0.1, -0.05) is 6.92 Å². The molecule has 0 bridgehead atoms. The van der Waals surface area contributed by atoms with Gasteiger partial charge in [-0.15, -0.1) is 0 Å². The van der Waals surface area contributed by atoms with Crippen molar-refractivity contribution in [3.8, 4) is 0 Å². The molecule has 0 aliphatic rings. The van der Waals surface area contributed by atoms with E-state index in [1.807, 2.05) is 0 Å². The standard InChI is InChI=1S/C8H14F3NO2/c1-2-7(14)5-12(3-4-13)6-8(9,10)11/h13H,2-6H2,1H3. The average Bonchev–Trinajstić information content (AvgIpc) is 2.01. The Morgan fingerprint density at radius 1 is 1.43 bits per heavy atom. The molecule has 0 rings (SSSR count). The van der Waals surface area contributed by atoms with E-state index >= 15 is 0 Å². The Hall–Kier alpha value is -0.620. The summed E-state index contributed by atoms with van der Waals surface area (Å²) in [5, 5.41) is 8.50. The summed E-state index contributed by atoms with van der Waals surface area (Å²) >= 11 is 0. The molecule has 0 aromatic rings. The molecule has 0 aromatic carbocycles. The third-order valence-corrected chi connectivity index (χ3v) is 1.61. The molecule has 1 N–H and O–H groups in total. The van der Waals surface area contributed by atoms with Gasteiger partial charge in [0.25, 0.3) is 0 Å². The van der Waals surface area contributed by atoms with E-state index in [1.165, 1.54) is 0 Å². The second kappa shape index (κ2) is 5.98. The molecule has 0 amide bonds. The zero-order valence-electron chi connectivity index (χ0n) is 7.97. The number of nitrogens with zero attached hydrogens (tertiary/aromatic N) is 1. The van der Waals surface area contributed by atoms with Gasteiger partial charge in [-0.05, 0) is 0 Å². The van der Waals surface area contributed by atoms with Crippen LogP contribution in [0.1, 0.15) is 13.3 Å². The molecule has 3 nitrogen and oxygen atoms in total. The van der Waals surface area contributed by atoms with Crippen LogP contribution in [-0.4, -0.2) is 48.2 Å². The highest BCUT2D eigenvalue weighted by Gasteiger charge is 2.30. The van der Waals surface area contributed by atoms with Crippen LogP contribution in [0.15, 0.2) is 0 Å². The van der Waals surface area contributed by atoms with Crippen molar-refractivity contribution in [1.29, 1.82) is 0 Å². The predicted molar refractivity (Wildman–Crippen MR) is 44.9 cm³/mol. The zero-order chi connectivity index (χ0) is 11.2. The maximum atomic E-state index is 11.9. The summed E-state index contributed by atoms with van der Waals surface area (Å²) in [6.07, 6.45) is -4.12. The first-order chi connectivity index (χ1) is 6.39. The van der Waals surface area contributed by atoms with Crippen molar-refractivity contribution < 1.29 is 23.1 Å². The van der Waals surface area contributed by atoms with Crippen LogP contribution in [0.5, 0.6) is 0 Å². The molecule has 84 valence electrons. The highest BCUT2D eigenvalue weighted by Crippen LogP contribution is 2.16. The average molecular weight is 213 g/mol. The quantitative estimate of drug-likeness (QED) is 0.710. The molecular formula is C8H14F3NO2. The first kappa shape index (κ1) is 13.4. The van der Waals surface area contributed by atoms with Gasteiger partial charge in [0.15, 0.2) is 0 Å². The third kappa shape index (κ3) is 6.85. The topological polar surface area (TPSA) is 40.5 Å². The Labute approximate surface area is 80.5 Å². The Kier molecular flexibility index (Phi) is 5.71. The van der Waals surface area contributed by atoms with Crippen molar-refractivity contribution >= 4 is 5.78 Å². The molecule has 0 aromatic heterocycles. The van der Waals surface area contributed by atoms with Crippen molar-refractivity contribution in [2.45, 2.75) is 19.5 Å². The van der Waals surface area contributed by atoms with Crippen LogP contribution in [0.4, 0.5) is 13.2 Å². The Morgan fingerprint density at radius 3 is 2.36 bits per heavy atom. The molecule has 14 heavy (non-hydrogen) atoms. The molecule has 0 radical (unpaired) electrons. The molecule has 0 atom stereocenters. The van der Waals surface area contributed by atoms with Gasteiger partial charge in [0.1, 0.15) is 5.78 Å². The summed E-state index contributed by atoms with van der Waals surface area (Å²) in [7, 11) is 0. The predicted octanol–water partition coefficient (Wildman–Crippen LogP) is 0.822. The maximum absolute atomic E-state index is 11.9. The monoisotopic (exact) mass is 213 g/mol. The first-order valence-electron chi connectivity index (χ1n) is 4.30. The van der Waals surface area contributed by atoms with Crippen LogP contribution >= 0.6 is 0 Å². The second-order valence-corrected chi connectivity index (χ2v) is 2.94. The second-order valence-electron chi connectivity index (χ2n) is 2.94. The van der Waals surface area contributed by atoms with E-state index in [9.17, 15) is 18.0 Å².